The molecule has 0 amide bonds. The van der Waals surface area contributed by atoms with Crippen LogP contribution in [0.15, 0.2) is 0 Å². The molecule has 6 nitrogen and oxygen atoms in total. The second-order valence-electron chi connectivity index (χ2n) is 14.6. The van der Waals surface area contributed by atoms with Crippen molar-refractivity contribution in [1.29, 1.82) is 0 Å². The molecule has 0 rings (SSSR count). The Labute approximate surface area is 297 Å². The van der Waals surface area contributed by atoms with Crippen LogP contribution in [0.2, 0.25) is 0 Å². The van der Waals surface area contributed by atoms with Crippen LogP contribution in [-0.2, 0) is 19.1 Å². The zero-order valence-corrected chi connectivity index (χ0v) is 32.1. The fraction of sp³-hybridized carbons (Fsp3) is 0.951. The highest BCUT2D eigenvalue weighted by Crippen LogP contribution is 2.18. The average Bonchev–Trinajstić information content (AvgIpc) is 3.06. The summed E-state index contributed by atoms with van der Waals surface area (Å²) < 4.78 is 23.7. The molecule has 7 heteroatoms. The fourth-order valence-corrected chi connectivity index (χ4v) is 6.32. The molecule has 0 aromatic carbocycles. The number of aliphatic hydroxyl groups excluding tert-OH is 1. The minimum Gasteiger partial charge on any atom is -0.466 e. The van der Waals surface area contributed by atoms with Gasteiger partial charge in [0.15, 0.2) is 0 Å². The van der Waals surface area contributed by atoms with Crippen LogP contribution in [0.4, 0.5) is 4.39 Å². The summed E-state index contributed by atoms with van der Waals surface area (Å²) in [6.45, 7) is 9.89. The second-order valence-corrected chi connectivity index (χ2v) is 14.6. The maximum Gasteiger partial charge on any atom is 0.306 e. The predicted molar refractivity (Wildman–Crippen MR) is 200 cm³/mol. The third-order valence-electron chi connectivity index (χ3n) is 9.40. The van der Waals surface area contributed by atoms with Gasteiger partial charge in [0.2, 0.25) is 0 Å². The van der Waals surface area contributed by atoms with Gasteiger partial charge in [-0.05, 0) is 83.2 Å². The number of unbranched alkanes of at least 4 members (excludes halogenated alkanes) is 18. The van der Waals surface area contributed by atoms with Gasteiger partial charge in [0, 0.05) is 19.4 Å². The van der Waals surface area contributed by atoms with Crippen molar-refractivity contribution in [1.82, 2.24) is 4.90 Å². The molecule has 286 valence electrons. The van der Waals surface area contributed by atoms with E-state index in [1.165, 1.54) is 51.4 Å². The molecule has 0 aromatic heterocycles. The standard InChI is InChI=1S/C41H80FNO5/c1-4-5-6-7-10-19-28-39(29-20-11-8-14-23-32-42)48-41(46)31-21-12-9-15-24-33-43(35-36-44)34-25-17-22-30-40(45)47-37-26-16-13-18-27-38(2)3/h38-39,44H,4-37H2,1-3H3. The highest BCUT2D eigenvalue weighted by atomic mass is 19.1. The summed E-state index contributed by atoms with van der Waals surface area (Å²) in [6, 6.07) is 0. The van der Waals surface area contributed by atoms with Gasteiger partial charge in [-0.2, -0.15) is 0 Å². The smallest absolute Gasteiger partial charge is 0.306 e. The van der Waals surface area contributed by atoms with Crippen LogP contribution in [-0.4, -0.2) is 67.6 Å². The molecule has 0 aromatic rings. The van der Waals surface area contributed by atoms with E-state index in [9.17, 15) is 19.1 Å². The highest BCUT2D eigenvalue weighted by molar-refractivity contribution is 5.69. The van der Waals surface area contributed by atoms with E-state index in [4.69, 9.17) is 9.47 Å². The fourth-order valence-electron chi connectivity index (χ4n) is 6.32. The summed E-state index contributed by atoms with van der Waals surface area (Å²) in [5.41, 5.74) is 0. The normalized spacial score (nSPS) is 12.2. The summed E-state index contributed by atoms with van der Waals surface area (Å²) in [7, 11) is 0. The highest BCUT2D eigenvalue weighted by Gasteiger charge is 2.14. The van der Waals surface area contributed by atoms with Crippen LogP contribution in [0.25, 0.3) is 0 Å². The van der Waals surface area contributed by atoms with Gasteiger partial charge in [0.05, 0.1) is 19.9 Å². The van der Waals surface area contributed by atoms with Crippen molar-refractivity contribution in [2.45, 2.75) is 207 Å². The first kappa shape index (κ1) is 46.8. The Morgan fingerprint density at radius 1 is 0.583 bits per heavy atom. The lowest BCUT2D eigenvalue weighted by Crippen LogP contribution is -2.29. The summed E-state index contributed by atoms with van der Waals surface area (Å²) >= 11 is 0. The van der Waals surface area contributed by atoms with Gasteiger partial charge in [-0.3, -0.25) is 14.0 Å². The number of ether oxygens (including phenoxy) is 2. The molecule has 0 heterocycles. The number of carbonyl (C=O) groups is 2. The number of halogens is 1. The van der Waals surface area contributed by atoms with Gasteiger partial charge in [-0.25, -0.2) is 0 Å². The van der Waals surface area contributed by atoms with E-state index < -0.39 is 0 Å². The van der Waals surface area contributed by atoms with Gasteiger partial charge in [0.25, 0.3) is 0 Å². The number of rotatable bonds is 38. The molecule has 0 fully saturated rings. The van der Waals surface area contributed by atoms with Crippen molar-refractivity contribution in [3.8, 4) is 0 Å². The Kier molecular flexibility index (Phi) is 36.1. The van der Waals surface area contributed by atoms with Gasteiger partial charge in [-0.15, -0.1) is 0 Å². The molecule has 0 aliphatic carbocycles. The largest absolute Gasteiger partial charge is 0.466 e. The Hall–Kier alpha value is -1.21. The molecule has 0 saturated carbocycles. The first-order valence-electron chi connectivity index (χ1n) is 20.7. The third-order valence-corrected chi connectivity index (χ3v) is 9.40. The van der Waals surface area contributed by atoms with E-state index in [0.29, 0.717) is 32.4 Å². The molecule has 1 N–H and O–H groups in total. The zero-order chi connectivity index (χ0) is 35.3. The van der Waals surface area contributed by atoms with E-state index in [0.717, 1.165) is 128 Å². The lowest BCUT2D eigenvalue weighted by Gasteiger charge is -2.21. The van der Waals surface area contributed by atoms with Crippen LogP contribution >= 0.6 is 0 Å². The van der Waals surface area contributed by atoms with Crippen LogP contribution < -0.4 is 0 Å². The predicted octanol–water partition coefficient (Wildman–Crippen LogP) is 11.3. The SMILES string of the molecule is CCCCCCCCC(CCCCCCCF)OC(=O)CCCCCCCN(CCO)CCCCCC(=O)OCCCCCCC(C)C. The van der Waals surface area contributed by atoms with Gasteiger partial charge in [0.1, 0.15) is 6.10 Å². The summed E-state index contributed by atoms with van der Waals surface area (Å²) in [5, 5.41) is 9.50. The molecule has 0 radical (unpaired) electrons. The molecule has 0 saturated heterocycles. The number of carbonyl (C=O) groups excluding carboxylic acids is 2. The molecule has 0 aliphatic rings. The number of aliphatic hydroxyl groups is 1. The topological polar surface area (TPSA) is 76.1 Å². The molecule has 1 unspecified atom stereocenters. The monoisotopic (exact) mass is 686 g/mol. The Balaban J connectivity index is 4.00. The molecular weight excluding hydrogens is 605 g/mol. The van der Waals surface area contributed by atoms with Gasteiger partial charge in [-0.1, -0.05) is 124 Å². The van der Waals surface area contributed by atoms with E-state index in [-0.39, 0.29) is 31.3 Å². The van der Waals surface area contributed by atoms with Gasteiger partial charge < -0.3 is 19.5 Å². The third kappa shape index (κ3) is 34.6. The number of alkyl halides is 1. The quantitative estimate of drug-likeness (QED) is 0.0515. The summed E-state index contributed by atoms with van der Waals surface area (Å²) in [4.78, 5) is 27.0. The van der Waals surface area contributed by atoms with E-state index in [1.807, 2.05) is 0 Å². The van der Waals surface area contributed by atoms with Crippen LogP contribution in [0.1, 0.15) is 201 Å². The van der Waals surface area contributed by atoms with Crippen molar-refractivity contribution >= 4 is 11.9 Å². The zero-order valence-electron chi connectivity index (χ0n) is 32.1. The average molecular weight is 686 g/mol. The maximum atomic E-state index is 12.6. The molecule has 0 spiro atoms. The van der Waals surface area contributed by atoms with Crippen LogP contribution in [0.3, 0.4) is 0 Å². The Morgan fingerprint density at radius 3 is 1.65 bits per heavy atom. The Bertz CT molecular complexity index is 676. The van der Waals surface area contributed by atoms with Crippen molar-refractivity contribution in [3.05, 3.63) is 0 Å². The molecule has 48 heavy (non-hydrogen) atoms. The van der Waals surface area contributed by atoms with Crippen molar-refractivity contribution in [2.75, 3.05) is 39.5 Å². The van der Waals surface area contributed by atoms with E-state index in [2.05, 4.69) is 25.7 Å². The van der Waals surface area contributed by atoms with Crippen molar-refractivity contribution < 1.29 is 28.6 Å². The van der Waals surface area contributed by atoms with Crippen molar-refractivity contribution in [3.63, 3.8) is 0 Å². The molecule has 0 aliphatic heterocycles. The first-order valence-corrected chi connectivity index (χ1v) is 20.7. The first-order chi connectivity index (χ1) is 23.4. The van der Waals surface area contributed by atoms with E-state index in [1.54, 1.807) is 0 Å². The minimum atomic E-state index is -0.221. The second kappa shape index (κ2) is 37.1. The number of nitrogens with zero attached hydrogens (tertiary/aromatic N) is 1. The van der Waals surface area contributed by atoms with Crippen LogP contribution in [0, 0.1) is 5.92 Å². The number of hydrogen-bond acceptors (Lipinski definition) is 6. The molecular formula is C41H80FNO5. The summed E-state index contributed by atoms with van der Waals surface area (Å²) in [5.74, 6) is 0.659. The Morgan fingerprint density at radius 2 is 1.06 bits per heavy atom. The lowest BCUT2D eigenvalue weighted by atomic mass is 10.0. The number of esters is 2. The lowest BCUT2D eigenvalue weighted by molar-refractivity contribution is -0.150. The minimum absolute atomic E-state index is 0.0373. The van der Waals surface area contributed by atoms with E-state index >= 15 is 0 Å². The van der Waals surface area contributed by atoms with Crippen molar-refractivity contribution in [2.24, 2.45) is 5.92 Å². The number of hydrogen-bond donors (Lipinski definition) is 1. The molecule has 1 atom stereocenters. The molecule has 0 bridgehead atoms. The van der Waals surface area contributed by atoms with Crippen LogP contribution in [0.5, 0.6) is 0 Å². The maximum absolute atomic E-state index is 12.6. The van der Waals surface area contributed by atoms with Gasteiger partial charge >= 0.3 is 11.9 Å². The summed E-state index contributed by atoms with van der Waals surface area (Å²) in [6.07, 6.45) is 29.3.